The molecule has 0 aliphatic heterocycles. The van der Waals surface area contributed by atoms with Gasteiger partial charge in [0.25, 0.3) is 0 Å². The lowest BCUT2D eigenvalue weighted by Crippen LogP contribution is -2.27. The van der Waals surface area contributed by atoms with Gasteiger partial charge in [-0.25, -0.2) is 0 Å². The molecule has 0 atom stereocenters. The molecular formula is C15H19ClO2. The summed E-state index contributed by atoms with van der Waals surface area (Å²) in [7, 11) is 1.59. The fourth-order valence-corrected chi connectivity index (χ4v) is 3.14. The zero-order valence-corrected chi connectivity index (χ0v) is 11.7. The fraction of sp³-hybridized carbons (Fsp3) is 0.533. The van der Waals surface area contributed by atoms with Crippen LogP contribution in [0.1, 0.15) is 49.4 Å². The maximum absolute atomic E-state index is 12.7. The predicted molar refractivity (Wildman–Crippen MR) is 73.5 cm³/mol. The Hall–Kier alpha value is -1.02. The summed E-state index contributed by atoms with van der Waals surface area (Å²) in [5.74, 6) is 0.892. The van der Waals surface area contributed by atoms with Crippen molar-refractivity contribution in [3.63, 3.8) is 0 Å². The summed E-state index contributed by atoms with van der Waals surface area (Å²) in [6, 6.07) is 5.31. The quantitative estimate of drug-likeness (QED) is 0.750. The first-order valence-corrected chi connectivity index (χ1v) is 6.89. The third-order valence-electron chi connectivity index (χ3n) is 4.14. The molecular weight excluding hydrogens is 248 g/mol. The Morgan fingerprint density at radius 2 is 2.06 bits per heavy atom. The topological polar surface area (TPSA) is 26.3 Å². The van der Waals surface area contributed by atoms with Crippen molar-refractivity contribution >= 4 is 17.4 Å². The van der Waals surface area contributed by atoms with Crippen LogP contribution >= 0.6 is 11.6 Å². The van der Waals surface area contributed by atoms with Crippen molar-refractivity contribution in [3.8, 4) is 5.75 Å². The number of halogens is 1. The number of Topliss-reactive ketones (excluding diaryl/α,β-unsaturated/α-hetero) is 1. The first kappa shape index (κ1) is 13.4. The molecule has 0 unspecified atom stereocenters. The third kappa shape index (κ3) is 2.26. The Balaban J connectivity index is 2.33. The molecule has 0 saturated heterocycles. The number of carbonyl (C=O) groups excluding carboxylic acids is 1. The molecule has 1 saturated carbocycles. The molecule has 2 nitrogen and oxygen atoms in total. The maximum Gasteiger partial charge on any atom is 0.170 e. The molecule has 1 aromatic carbocycles. The van der Waals surface area contributed by atoms with Crippen molar-refractivity contribution in [3.05, 3.63) is 28.8 Å². The van der Waals surface area contributed by atoms with Crippen molar-refractivity contribution in [2.75, 3.05) is 7.11 Å². The molecule has 0 aromatic heterocycles. The molecule has 18 heavy (non-hydrogen) atoms. The van der Waals surface area contributed by atoms with Gasteiger partial charge < -0.3 is 4.74 Å². The van der Waals surface area contributed by atoms with Gasteiger partial charge in [0.2, 0.25) is 0 Å². The molecule has 3 heteroatoms. The molecule has 0 spiro atoms. The van der Waals surface area contributed by atoms with Crippen LogP contribution in [0, 0.1) is 5.41 Å². The molecule has 2 rings (SSSR count). The van der Waals surface area contributed by atoms with E-state index in [9.17, 15) is 4.79 Å². The van der Waals surface area contributed by atoms with Gasteiger partial charge in [0, 0.05) is 11.0 Å². The van der Waals surface area contributed by atoms with E-state index in [-0.39, 0.29) is 11.2 Å². The molecule has 1 aromatic rings. The van der Waals surface area contributed by atoms with Gasteiger partial charge in [0.05, 0.1) is 12.1 Å². The van der Waals surface area contributed by atoms with Gasteiger partial charge in [-0.2, -0.15) is 0 Å². The molecule has 98 valence electrons. The van der Waals surface area contributed by atoms with Crippen molar-refractivity contribution in [1.29, 1.82) is 0 Å². The first-order chi connectivity index (χ1) is 8.63. The van der Waals surface area contributed by atoms with E-state index < -0.39 is 0 Å². The second kappa shape index (κ2) is 5.31. The van der Waals surface area contributed by atoms with Crippen LogP contribution in [-0.4, -0.2) is 12.9 Å². The average Bonchev–Trinajstić information content (AvgIpc) is 2.87. The Labute approximate surface area is 113 Å². The molecule has 0 bridgehead atoms. The van der Waals surface area contributed by atoms with Crippen molar-refractivity contribution in [1.82, 2.24) is 0 Å². The largest absolute Gasteiger partial charge is 0.497 e. The van der Waals surface area contributed by atoms with Gasteiger partial charge in [-0.15, -0.1) is 0 Å². The van der Waals surface area contributed by atoms with Crippen LogP contribution in [0.15, 0.2) is 18.2 Å². The van der Waals surface area contributed by atoms with Crippen LogP contribution in [0.5, 0.6) is 5.75 Å². The standard InChI is InChI=1S/C15H19ClO2/c1-3-15(8-4-5-9-15)14(17)12-7-6-11(18-2)10-13(12)16/h6-7,10H,3-5,8-9H2,1-2H3. The number of carbonyl (C=O) groups is 1. The Morgan fingerprint density at radius 1 is 1.39 bits per heavy atom. The number of ketones is 1. The number of hydrogen-bond donors (Lipinski definition) is 0. The summed E-state index contributed by atoms with van der Waals surface area (Å²) in [6.07, 6.45) is 5.17. The van der Waals surface area contributed by atoms with Crippen LogP contribution in [0.3, 0.4) is 0 Å². The Bertz CT molecular complexity index is 448. The summed E-state index contributed by atoms with van der Waals surface area (Å²) >= 11 is 6.20. The molecule has 0 amide bonds. The monoisotopic (exact) mass is 266 g/mol. The molecule has 0 radical (unpaired) electrons. The Kier molecular flexibility index (Phi) is 3.96. The van der Waals surface area contributed by atoms with E-state index in [4.69, 9.17) is 16.3 Å². The minimum Gasteiger partial charge on any atom is -0.497 e. The van der Waals surface area contributed by atoms with Gasteiger partial charge in [0.15, 0.2) is 5.78 Å². The van der Waals surface area contributed by atoms with Crippen molar-refractivity contribution in [2.24, 2.45) is 5.41 Å². The third-order valence-corrected chi connectivity index (χ3v) is 4.45. The van der Waals surface area contributed by atoms with Gasteiger partial charge >= 0.3 is 0 Å². The summed E-state index contributed by atoms with van der Waals surface area (Å²) in [4.78, 5) is 12.7. The average molecular weight is 267 g/mol. The summed E-state index contributed by atoms with van der Waals surface area (Å²) in [6.45, 7) is 2.10. The zero-order chi connectivity index (χ0) is 13.2. The second-order valence-electron chi connectivity index (χ2n) is 5.02. The van der Waals surface area contributed by atoms with Crippen LogP contribution in [-0.2, 0) is 0 Å². The van der Waals surface area contributed by atoms with Crippen LogP contribution in [0.4, 0.5) is 0 Å². The van der Waals surface area contributed by atoms with Crippen LogP contribution in [0.25, 0.3) is 0 Å². The molecule has 1 aliphatic carbocycles. The minimum atomic E-state index is -0.182. The van der Waals surface area contributed by atoms with E-state index in [1.165, 1.54) is 0 Å². The lowest BCUT2D eigenvalue weighted by atomic mass is 9.76. The van der Waals surface area contributed by atoms with E-state index in [1.807, 2.05) is 0 Å². The highest BCUT2D eigenvalue weighted by Crippen LogP contribution is 2.44. The van der Waals surface area contributed by atoms with Crippen LogP contribution < -0.4 is 4.74 Å². The number of methoxy groups -OCH3 is 1. The normalized spacial score (nSPS) is 17.7. The molecule has 1 fully saturated rings. The van der Waals surface area contributed by atoms with E-state index >= 15 is 0 Å². The molecule has 1 aliphatic rings. The highest BCUT2D eigenvalue weighted by atomic mass is 35.5. The van der Waals surface area contributed by atoms with E-state index in [1.54, 1.807) is 25.3 Å². The SMILES string of the molecule is CCC1(C(=O)c2ccc(OC)cc2Cl)CCCC1. The summed E-state index contributed by atoms with van der Waals surface area (Å²) in [5.41, 5.74) is 0.458. The smallest absolute Gasteiger partial charge is 0.170 e. The van der Waals surface area contributed by atoms with E-state index in [0.717, 1.165) is 32.1 Å². The second-order valence-corrected chi connectivity index (χ2v) is 5.42. The minimum absolute atomic E-state index is 0.182. The lowest BCUT2D eigenvalue weighted by molar-refractivity contribution is 0.0791. The van der Waals surface area contributed by atoms with Gasteiger partial charge in [-0.05, 0) is 37.5 Å². The fourth-order valence-electron chi connectivity index (χ4n) is 2.89. The molecule has 0 N–H and O–H groups in total. The Morgan fingerprint density at radius 3 is 2.56 bits per heavy atom. The van der Waals surface area contributed by atoms with E-state index in [0.29, 0.717) is 16.3 Å². The lowest BCUT2D eigenvalue weighted by Gasteiger charge is -2.26. The zero-order valence-electron chi connectivity index (χ0n) is 11.0. The number of rotatable bonds is 4. The maximum atomic E-state index is 12.7. The summed E-state index contributed by atoms with van der Waals surface area (Å²) in [5, 5.41) is 0.499. The van der Waals surface area contributed by atoms with E-state index in [2.05, 4.69) is 6.92 Å². The number of benzene rings is 1. The summed E-state index contributed by atoms with van der Waals surface area (Å²) < 4.78 is 5.11. The highest BCUT2D eigenvalue weighted by molar-refractivity contribution is 6.34. The first-order valence-electron chi connectivity index (χ1n) is 6.51. The van der Waals surface area contributed by atoms with Gasteiger partial charge in [0.1, 0.15) is 5.75 Å². The van der Waals surface area contributed by atoms with Crippen LogP contribution in [0.2, 0.25) is 5.02 Å². The molecule has 0 heterocycles. The number of hydrogen-bond acceptors (Lipinski definition) is 2. The van der Waals surface area contributed by atoms with Crippen molar-refractivity contribution in [2.45, 2.75) is 39.0 Å². The van der Waals surface area contributed by atoms with Gasteiger partial charge in [-0.1, -0.05) is 31.4 Å². The predicted octanol–water partition coefficient (Wildman–Crippen LogP) is 4.50. The van der Waals surface area contributed by atoms with Gasteiger partial charge in [-0.3, -0.25) is 4.79 Å². The number of ether oxygens (including phenoxy) is 1. The highest BCUT2D eigenvalue weighted by Gasteiger charge is 2.40. The van der Waals surface area contributed by atoms with Crippen molar-refractivity contribution < 1.29 is 9.53 Å².